The van der Waals surface area contributed by atoms with E-state index < -0.39 is 0 Å². The molecule has 20 heavy (non-hydrogen) atoms. The minimum atomic E-state index is 0.122. The van der Waals surface area contributed by atoms with Crippen molar-refractivity contribution in [3.8, 4) is 0 Å². The predicted molar refractivity (Wildman–Crippen MR) is 77.8 cm³/mol. The van der Waals surface area contributed by atoms with Crippen LogP contribution in [0.15, 0.2) is 36.5 Å². The molecule has 1 fully saturated rings. The van der Waals surface area contributed by atoms with E-state index in [0.29, 0.717) is 0 Å². The summed E-state index contributed by atoms with van der Waals surface area (Å²) in [6.45, 7) is 1.85. The Morgan fingerprint density at radius 2 is 1.85 bits per heavy atom. The zero-order valence-electron chi connectivity index (χ0n) is 11.3. The van der Waals surface area contributed by atoms with Crippen molar-refractivity contribution >= 4 is 23.1 Å². The van der Waals surface area contributed by atoms with Gasteiger partial charge in [0.2, 0.25) is 5.91 Å². The van der Waals surface area contributed by atoms with Crippen LogP contribution in [-0.2, 0) is 4.79 Å². The molecule has 1 amide bonds. The van der Waals surface area contributed by atoms with Crippen LogP contribution in [0.5, 0.6) is 0 Å². The first-order valence-electron chi connectivity index (χ1n) is 6.68. The number of anilines is 3. The molecule has 3 rings (SSSR count). The number of benzene rings is 1. The lowest BCUT2D eigenvalue weighted by Gasteiger charge is -2.08. The lowest BCUT2D eigenvalue weighted by atomic mass is 10.2. The molecule has 5 nitrogen and oxygen atoms in total. The Kier molecular flexibility index (Phi) is 3.33. The highest BCUT2D eigenvalue weighted by Crippen LogP contribution is 2.30. The Labute approximate surface area is 117 Å². The Balaban J connectivity index is 1.65. The highest BCUT2D eigenvalue weighted by Gasteiger charge is 2.29. The summed E-state index contributed by atoms with van der Waals surface area (Å²) in [5.74, 6) is 1.82. The highest BCUT2D eigenvalue weighted by molar-refractivity contribution is 5.94. The van der Waals surface area contributed by atoms with Gasteiger partial charge >= 0.3 is 0 Å². The lowest BCUT2D eigenvalue weighted by Crippen LogP contribution is -2.13. The van der Waals surface area contributed by atoms with E-state index in [1.807, 2.05) is 37.3 Å². The Morgan fingerprint density at radius 3 is 2.50 bits per heavy atom. The van der Waals surface area contributed by atoms with Crippen molar-refractivity contribution < 1.29 is 4.79 Å². The molecule has 1 aromatic carbocycles. The van der Waals surface area contributed by atoms with Gasteiger partial charge in [-0.1, -0.05) is 0 Å². The fraction of sp³-hybridized carbons (Fsp3) is 0.267. The van der Waals surface area contributed by atoms with Crippen molar-refractivity contribution in [2.75, 3.05) is 10.6 Å². The maximum atomic E-state index is 11.6. The van der Waals surface area contributed by atoms with Crippen molar-refractivity contribution in [1.82, 2.24) is 9.97 Å². The fourth-order valence-electron chi connectivity index (χ4n) is 1.90. The molecule has 1 aliphatic carbocycles. The van der Waals surface area contributed by atoms with Gasteiger partial charge in [-0.15, -0.1) is 0 Å². The Hall–Kier alpha value is -2.43. The molecule has 0 atom stereocenters. The van der Waals surface area contributed by atoms with Crippen LogP contribution in [0.3, 0.4) is 0 Å². The third-order valence-electron chi connectivity index (χ3n) is 3.15. The second-order valence-electron chi connectivity index (χ2n) is 4.95. The summed E-state index contributed by atoms with van der Waals surface area (Å²) < 4.78 is 0. The van der Waals surface area contributed by atoms with Crippen LogP contribution in [-0.4, -0.2) is 15.9 Å². The number of rotatable bonds is 4. The first-order chi connectivity index (χ1) is 9.70. The first-order valence-corrected chi connectivity index (χ1v) is 6.68. The molecule has 0 aliphatic heterocycles. The second-order valence-corrected chi connectivity index (χ2v) is 4.95. The summed E-state index contributed by atoms with van der Waals surface area (Å²) in [6.07, 6.45) is 3.74. The Morgan fingerprint density at radius 1 is 1.15 bits per heavy atom. The molecule has 2 aromatic rings. The molecule has 1 heterocycles. The number of hydrogen-bond acceptors (Lipinski definition) is 4. The van der Waals surface area contributed by atoms with Crippen LogP contribution in [0, 0.1) is 12.8 Å². The molecule has 5 heteroatoms. The number of nitrogens with zero attached hydrogens (tertiary/aromatic N) is 2. The lowest BCUT2D eigenvalue weighted by molar-refractivity contribution is -0.117. The van der Waals surface area contributed by atoms with Gasteiger partial charge in [0.15, 0.2) is 0 Å². The van der Waals surface area contributed by atoms with Gasteiger partial charge in [0, 0.05) is 23.5 Å². The van der Waals surface area contributed by atoms with Crippen LogP contribution in [0.25, 0.3) is 0 Å². The number of carbonyl (C=O) groups excluding carboxylic acids is 1. The normalized spacial score (nSPS) is 13.8. The van der Waals surface area contributed by atoms with E-state index in [1.54, 1.807) is 6.20 Å². The molecule has 2 N–H and O–H groups in total. The summed E-state index contributed by atoms with van der Waals surface area (Å²) in [4.78, 5) is 20.0. The van der Waals surface area contributed by atoms with E-state index >= 15 is 0 Å². The van der Waals surface area contributed by atoms with Crippen molar-refractivity contribution in [2.24, 2.45) is 5.92 Å². The summed E-state index contributed by atoms with van der Waals surface area (Å²) in [5.41, 5.74) is 1.75. The van der Waals surface area contributed by atoms with Gasteiger partial charge in [-0.25, -0.2) is 9.97 Å². The summed E-state index contributed by atoms with van der Waals surface area (Å²) in [5, 5.41) is 6.11. The van der Waals surface area contributed by atoms with Crippen molar-refractivity contribution in [3.63, 3.8) is 0 Å². The van der Waals surface area contributed by atoms with Crippen molar-refractivity contribution in [2.45, 2.75) is 19.8 Å². The molecule has 0 bridgehead atoms. The molecule has 0 spiro atoms. The summed E-state index contributed by atoms with van der Waals surface area (Å²) in [6, 6.07) is 9.42. The summed E-state index contributed by atoms with van der Waals surface area (Å²) in [7, 11) is 0. The SMILES string of the molecule is Cc1nccc(Nc2ccc(NC(=O)C3CC3)cc2)n1. The maximum absolute atomic E-state index is 11.6. The third kappa shape index (κ3) is 3.12. The van der Waals surface area contributed by atoms with Crippen molar-refractivity contribution in [3.05, 3.63) is 42.4 Å². The Bertz CT molecular complexity index is 620. The van der Waals surface area contributed by atoms with E-state index in [-0.39, 0.29) is 11.8 Å². The maximum Gasteiger partial charge on any atom is 0.227 e. The van der Waals surface area contributed by atoms with Gasteiger partial charge in [0.25, 0.3) is 0 Å². The number of amides is 1. The number of aryl methyl sites for hydroxylation is 1. The van der Waals surface area contributed by atoms with E-state index in [9.17, 15) is 4.79 Å². The standard InChI is InChI=1S/C15H16N4O/c1-10-16-9-8-14(17-10)18-12-4-6-13(7-5-12)19-15(20)11-2-3-11/h4-9,11H,2-3H2,1H3,(H,19,20)(H,16,17,18). The molecule has 1 aromatic heterocycles. The number of carbonyl (C=O) groups is 1. The predicted octanol–water partition coefficient (Wildman–Crippen LogP) is 2.88. The van der Waals surface area contributed by atoms with Crippen LogP contribution in [0.1, 0.15) is 18.7 Å². The first kappa shape index (κ1) is 12.6. The largest absolute Gasteiger partial charge is 0.340 e. The minimum Gasteiger partial charge on any atom is -0.340 e. The van der Waals surface area contributed by atoms with Gasteiger partial charge in [0.05, 0.1) is 0 Å². The smallest absolute Gasteiger partial charge is 0.227 e. The third-order valence-corrected chi connectivity index (χ3v) is 3.15. The zero-order chi connectivity index (χ0) is 13.9. The van der Waals surface area contributed by atoms with Gasteiger partial charge in [-0.05, 0) is 50.1 Å². The topological polar surface area (TPSA) is 66.9 Å². The quantitative estimate of drug-likeness (QED) is 0.894. The van der Waals surface area contributed by atoms with Gasteiger partial charge < -0.3 is 10.6 Å². The van der Waals surface area contributed by atoms with Gasteiger partial charge in [-0.2, -0.15) is 0 Å². The minimum absolute atomic E-state index is 0.122. The molecule has 1 saturated carbocycles. The molecule has 0 unspecified atom stereocenters. The van der Waals surface area contributed by atoms with E-state index in [0.717, 1.165) is 35.9 Å². The van der Waals surface area contributed by atoms with Gasteiger partial charge in [0.1, 0.15) is 11.6 Å². The molecule has 0 saturated heterocycles. The second kappa shape index (κ2) is 5.28. The molecular formula is C15H16N4O. The number of hydrogen-bond donors (Lipinski definition) is 2. The molecular weight excluding hydrogens is 252 g/mol. The zero-order valence-corrected chi connectivity index (χ0v) is 11.3. The van der Waals surface area contributed by atoms with E-state index in [2.05, 4.69) is 20.6 Å². The monoisotopic (exact) mass is 268 g/mol. The average Bonchev–Trinajstić information content (AvgIpc) is 3.25. The molecule has 0 radical (unpaired) electrons. The summed E-state index contributed by atoms with van der Waals surface area (Å²) >= 11 is 0. The van der Waals surface area contributed by atoms with Crippen LogP contribution < -0.4 is 10.6 Å². The van der Waals surface area contributed by atoms with Crippen LogP contribution in [0.2, 0.25) is 0 Å². The molecule has 102 valence electrons. The molecule has 1 aliphatic rings. The van der Waals surface area contributed by atoms with E-state index in [4.69, 9.17) is 0 Å². The van der Waals surface area contributed by atoms with Crippen LogP contribution in [0.4, 0.5) is 17.2 Å². The van der Waals surface area contributed by atoms with E-state index in [1.165, 1.54) is 0 Å². The number of aromatic nitrogens is 2. The van der Waals surface area contributed by atoms with Crippen LogP contribution >= 0.6 is 0 Å². The fourth-order valence-corrected chi connectivity index (χ4v) is 1.90. The number of nitrogens with one attached hydrogen (secondary N) is 2. The highest BCUT2D eigenvalue weighted by atomic mass is 16.2. The van der Waals surface area contributed by atoms with Gasteiger partial charge in [-0.3, -0.25) is 4.79 Å². The van der Waals surface area contributed by atoms with Crippen molar-refractivity contribution in [1.29, 1.82) is 0 Å². The average molecular weight is 268 g/mol.